The zero-order valence-electron chi connectivity index (χ0n) is 14.6. The van der Waals surface area contributed by atoms with Gasteiger partial charge in [0.1, 0.15) is 6.67 Å². The number of methoxy groups -OCH3 is 1. The standard InChI is InChI=1S/C18H18F4N2O2S/c1-26-16(25)13-6-5-11(8-14(13)18(20,21)22)15-10-27-17(23-15)24-7-3-2-4-12(24)9-19/h5-6,8,10,12H,2-4,7,9H2,1H3/t12-/m0/s1. The first kappa shape index (κ1) is 19.6. The first-order valence-electron chi connectivity index (χ1n) is 8.43. The molecule has 1 aliphatic heterocycles. The van der Waals surface area contributed by atoms with Gasteiger partial charge in [-0.25, -0.2) is 14.2 Å². The summed E-state index contributed by atoms with van der Waals surface area (Å²) in [7, 11) is 1.03. The minimum absolute atomic E-state index is 0.242. The highest BCUT2D eigenvalue weighted by atomic mass is 32.1. The van der Waals surface area contributed by atoms with Crippen molar-refractivity contribution in [3.05, 3.63) is 34.7 Å². The van der Waals surface area contributed by atoms with Crippen molar-refractivity contribution in [2.75, 3.05) is 25.2 Å². The summed E-state index contributed by atoms with van der Waals surface area (Å²) in [6.45, 7) is 0.192. The van der Waals surface area contributed by atoms with Crippen LogP contribution in [0.5, 0.6) is 0 Å². The molecule has 1 saturated heterocycles. The van der Waals surface area contributed by atoms with Crippen LogP contribution in [0.3, 0.4) is 0 Å². The predicted molar refractivity (Wildman–Crippen MR) is 94.9 cm³/mol. The van der Waals surface area contributed by atoms with Crippen LogP contribution >= 0.6 is 11.3 Å². The molecule has 0 spiro atoms. The number of nitrogens with zero attached hydrogens (tertiary/aromatic N) is 2. The highest BCUT2D eigenvalue weighted by Gasteiger charge is 2.36. The van der Waals surface area contributed by atoms with Crippen molar-refractivity contribution < 1.29 is 27.1 Å². The Morgan fingerprint density at radius 2 is 2.15 bits per heavy atom. The molecule has 0 aliphatic carbocycles. The van der Waals surface area contributed by atoms with Crippen LogP contribution in [0, 0.1) is 0 Å². The third-order valence-corrected chi connectivity index (χ3v) is 5.45. The molecule has 27 heavy (non-hydrogen) atoms. The van der Waals surface area contributed by atoms with Crippen LogP contribution in [0.4, 0.5) is 22.7 Å². The molecule has 1 atom stereocenters. The van der Waals surface area contributed by atoms with E-state index in [2.05, 4.69) is 9.72 Å². The third kappa shape index (κ3) is 4.07. The number of ether oxygens (including phenoxy) is 1. The lowest BCUT2D eigenvalue weighted by Crippen LogP contribution is -2.40. The maximum absolute atomic E-state index is 13.4. The third-order valence-electron chi connectivity index (χ3n) is 4.57. The van der Waals surface area contributed by atoms with E-state index < -0.39 is 29.9 Å². The minimum atomic E-state index is -4.70. The van der Waals surface area contributed by atoms with Gasteiger partial charge in [-0.05, 0) is 31.4 Å². The van der Waals surface area contributed by atoms with E-state index in [1.807, 2.05) is 4.90 Å². The second-order valence-corrected chi connectivity index (χ2v) is 7.10. The molecule has 0 radical (unpaired) electrons. The van der Waals surface area contributed by atoms with Crippen LogP contribution in [0.2, 0.25) is 0 Å². The molecule has 0 unspecified atom stereocenters. The fourth-order valence-electron chi connectivity index (χ4n) is 3.17. The average Bonchev–Trinajstić information content (AvgIpc) is 3.16. The van der Waals surface area contributed by atoms with Gasteiger partial charge in [0.05, 0.1) is 30.0 Å². The first-order chi connectivity index (χ1) is 12.8. The maximum Gasteiger partial charge on any atom is 0.417 e. The number of halogens is 4. The lowest BCUT2D eigenvalue weighted by atomic mass is 10.0. The molecule has 0 amide bonds. The Bertz CT molecular complexity index is 822. The van der Waals surface area contributed by atoms with Gasteiger partial charge < -0.3 is 9.64 Å². The topological polar surface area (TPSA) is 42.4 Å². The van der Waals surface area contributed by atoms with Gasteiger partial charge in [-0.15, -0.1) is 11.3 Å². The first-order valence-corrected chi connectivity index (χ1v) is 9.31. The number of aromatic nitrogens is 1. The molecule has 2 heterocycles. The van der Waals surface area contributed by atoms with Crippen LogP contribution in [-0.4, -0.2) is 37.3 Å². The van der Waals surface area contributed by atoms with Crippen LogP contribution in [0.25, 0.3) is 11.3 Å². The molecule has 0 N–H and O–H groups in total. The van der Waals surface area contributed by atoms with Gasteiger partial charge in [0, 0.05) is 17.5 Å². The van der Waals surface area contributed by atoms with Gasteiger partial charge in [0.15, 0.2) is 5.13 Å². The number of esters is 1. The van der Waals surface area contributed by atoms with Gasteiger partial charge in [-0.1, -0.05) is 6.07 Å². The number of carbonyl (C=O) groups is 1. The molecule has 1 fully saturated rings. The van der Waals surface area contributed by atoms with Crippen molar-refractivity contribution in [1.29, 1.82) is 0 Å². The number of carbonyl (C=O) groups excluding carboxylic acids is 1. The van der Waals surface area contributed by atoms with Crippen molar-refractivity contribution >= 4 is 22.4 Å². The normalized spacial score (nSPS) is 17.8. The largest absolute Gasteiger partial charge is 0.465 e. The lowest BCUT2D eigenvalue weighted by Gasteiger charge is -2.33. The molecule has 4 nitrogen and oxygen atoms in total. The number of anilines is 1. The molecule has 1 aromatic heterocycles. The van der Waals surface area contributed by atoms with Crippen LogP contribution in [0.1, 0.15) is 35.2 Å². The summed E-state index contributed by atoms with van der Waals surface area (Å²) in [6, 6.07) is 3.15. The van der Waals surface area contributed by atoms with E-state index in [9.17, 15) is 22.4 Å². The van der Waals surface area contributed by atoms with E-state index >= 15 is 0 Å². The fourth-order valence-corrected chi connectivity index (χ4v) is 4.10. The highest BCUT2D eigenvalue weighted by Crippen LogP contribution is 2.37. The Balaban J connectivity index is 1.95. The van der Waals surface area contributed by atoms with Crippen LogP contribution in [0.15, 0.2) is 23.6 Å². The summed E-state index contributed by atoms with van der Waals surface area (Å²) in [5.41, 5.74) is -1.01. The SMILES string of the molecule is COC(=O)c1ccc(-c2csc(N3CCCC[C@H]3CF)n2)cc1C(F)(F)F. The van der Waals surface area contributed by atoms with Crippen molar-refractivity contribution in [1.82, 2.24) is 4.98 Å². The molecule has 2 aromatic rings. The molecule has 1 aromatic carbocycles. The van der Waals surface area contributed by atoms with E-state index in [4.69, 9.17) is 0 Å². The molecule has 0 saturated carbocycles. The van der Waals surface area contributed by atoms with E-state index in [1.165, 1.54) is 17.4 Å². The van der Waals surface area contributed by atoms with Crippen molar-refractivity contribution in [3.63, 3.8) is 0 Å². The summed E-state index contributed by atoms with van der Waals surface area (Å²) in [5.74, 6) is -1.05. The van der Waals surface area contributed by atoms with Crippen LogP contribution in [-0.2, 0) is 10.9 Å². The highest BCUT2D eigenvalue weighted by molar-refractivity contribution is 7.14. The fraction of sp³-hybridized carbons (Fsp3) is 0.444. The van der Waals surface area contributed by atoms with Crippen molar-refractivity contribution in [2.24, 2.45) is 0 Å². The number of rotatable bonds is 4. The van der Waals surface area contributed by atoms with Gasteiger partial charge in [0.2, 0.25) is 0 Å². The number of hydrogen-bond acceptors (Lipinski definition) is 5. The number of alkyl halides is 4. The van der Waals surface area contributed by atoms with Gasteiger partial charge in [0.25, 0.3) is 0 Å². The number of thiazole rings is 1. The zero-order chi connectivity index (χ0) is 19.6. The molecular formula is C18H18F4N2O2S. The second-order valence-electron chi connectivity index (χ2n) is 6.26. The lowest BCUT2D eigenvalue weighted by molar-refractivity contribution is -0.138. The van der Waals surface area contributed by atoms with Gasteiger partial charge >= 0.3 is 12.1 Å². The molecule has 146 valence electrons. The predicted octanol–water partition coefficient (Wildman–Crippen LogP) is 4.94. The molecule has 3 rings (SSSR count). The molecule has 1 aliphatic rings. The summed E-state index contributed by atoms with van der Waals surface area (Å²) in [5, 5.41) is 2.24. The smallest absolute Gasteiger partial charge is 0.417 e. The Labute approximate surface area is 157 Å². The summed E-state index contributed by atoms with van der Waals surface area (Å²) in [6.07, 6.45) is -2.09. The number of piperidine rings is 1. The Morgan fingerprint density at radius 1 is 1.37 bits per heavy atom. The van der Waals surface area contributed by atoms with Gasteiger partial charge in [-0.2, -0.15) is 13.2 Å². The molecule has 0 bridgehead atoms. The van der Waals surface area contributed by atoms with Gasteiger partial charge in [-0.3, -0.25) is 0 Å². The Hall–Kier alpha value is -2.16. The quantitative estimate of drug-likeness (QED) is 0.536. The van der Waals surface area contributed by atoms with E-state index in [1.54, 1.807) is 5.38 Å². The second kappa shape index (κ2) is 7.84. The van der Waals surface area contributed by atoms with Crippen molar-refractivity contribution in [3.8, 4) is 11.3 Å². The minimum Gasteiger partial charge on any atom is -0.465 e. The molecule has 9 heteroatoms. The maximum atomic E-state index is 13.4. The van der Waals surface area contributed by atoms with Crippen molar-refractivity contribution in [2.45, 2.75) is 31.5 Å². The average molecular weight is 402 g/mol. The summed E-state index contributed by atoms with van der Waals surface area (Å²) >= 11 is 1.27. The molecular weight excluding hydrogens is 384 g/mol. The summed E-state index contributed by atoms with van der Waals surface area (Å²) < 4.78 is 57.8. The Kier molecular flexibility index (Phi) is 5.69. The number of hydrogen-bond donors (Lipinski definition) is 0. The zero-order valence-corrected chi connectivity index (χ0v) is 15.4. The van der Waals surface area contributed by atoms with E-state index in [0.717, 1.165) is 38.5 Å². The van der Waals surface area contributed by atoms with E-state index in [0.29, 0.717) is 17.4 Å². The number of benzene rings is 1. The monoisotopic (exact) mass is 402 g/mol. The Morgan fingerprint density at radius 3 is 2.81 bits per heavy atom. The van der Waals surface area contributed by atoms with Crippen LogP contribution < -0.4 is 4.90 Å². The van der Waals surface area contributed by atoms with E-state index in [-0.39, 0.29) is 11.6 Å². The summed E-state index contributed by atoms with van der Waals surface area (Å²) in [4.78, 5) is 17.9.